The highest BCUT2D eigenvalue weighted by Gasteiger charge is 2.52. The number of rotatable bonds is 10. The van der Waals surface area contributed by atoms with Crippen molar-refractivity contribution in [1.82, 2.24) is 4.57 Å². The lowest BCUT2D eigenvalue weighted by Gasteiger charge is -2.35. The van der Waals surface area contributed by atoms with Crippen LogP contribution in [-0.2, 0) is 10.8 Å². The lowest BCUT2D eigenvalue weighted by atomic mass is 9.67. The van der Waals surface area contributed by atoms with Gasteiger partial charge in [-0.1, -0.05) is 231 Å². The van der Waals surface area contributed by atoms with Crippen LogP contribution in [0.25, 0.3) is 78.1 Å². The van der Waals surface area contributed by atoms with Gasteiger partial charge in [0, 0.05) is 33.5 Å². The Bertz CT molecular complexity index is 4920. The zero-order valence-electron chi connectivity index (χ0n) is 46.5. The summed E-state index contributed by atoms with van der Waals surface area (Å²) in [6.45, 7) is 3.94. The van der Waals surface area contributed by atoms with Gasteiger partial charge in [-0.2, -0.15) is 0 Å². The summed E-state index contributed by atoms with van der Waals surface area (Å²) >= 11 is 0. The second-order valence-electron chi connectivity index (χ2n) is 22.7. The van der Waals surface area contributed by atoms with Gasteiger partial charge in [0.15, 0.2) is 0 Å². The maximum absolute atomic E-state index is 6.50. The third-order valence-corrected chi connectivity index (χ3v) is 18.5. The number of para-hydroxylation sites is 2. The summed E-state index contributed by atoms with van der Waals surface area (Å²) in [5, 5.41) is 2.46. The van der Waals surface area contributed by atoms with E-state index >= 15 is 0 Å². The first kappa shape index (κ1) is 48.7. The van der Waals surface area contributed by atoms with Crippen molar-refractivity contribution in [3.05, 3.63) is 366 Å². The zero-order chi connectivity index (χ0) is 56.2. The molecule has 17 rings (SSSR count). The molecule has 3 nitrogen and oxygen atoms in total. The Morgan fingerprint density at radius 2 is 0.753 bits per heavy atom. The first-order valence-corrected chi connectivity index (χ1v) is 29.3. The third kappa shape index (κ3) is 7.14. The van der Waals surface area contributed by atoms with Crippen molar-refractivity contribution in [3.63, 3.8) is 0 Å². The third-order valence-electron chi connectivity index (χ3n) is 18.5. The molecule has 0 fully saturated rings. The van der Waals surface area contributed by atoms with E-state index in [0.29, 0.717) is 0 Å². The van der Waals surface area contributed by atoms with Crippen molar-refractivity contribution in [1.29, 1.82) is 0 Å². The predicted molar refractivity (Wildman–Crippen MR) is 351 cm³/mol. The molecule has 3 heteroatoms. The van der Waals surface area contributed by atoms with Gasteiger partial charge in [-0.15, -0.1) is 0 Å². The fourth-order valence-electron chi connectivity index (χ4n) is 14.9. The topological polar surface area (TPSA) is 17.4 Å². The molecule has 0 bridgehead atoms. The fourth-order valence-corrected chi connectivity index (χ4v) is 14.9. The van der Waals surface area contributed by atoms with E-state index in [-0.39, 0.29) is 0 Å². The standard InChI is InChI=1S/C82H54N2O/c1-2-54-33-44-63(45-34-54)85-64-46-38-58(39-47-64)81(57-19-5-3-6-20-57)73-28-14-9-25-67(73)69-48-42-61(52-77(69)81)83(60-40-35-55(36-41-60)56-37-50-80-72(51-56)71-27-13-18-32-79(71)84(80)59-21-7-4-8-22-59)62-43-49-70-68-26-12-17-31-76(68)82(78(70)53-62)74-29-15-10-23-65(74)66-24-11-16-30-75(66)82/h2-53H,1H2. The molecule has 1 spiro atoms. The number of hydrogen-bond donors (Lipinski definition) is 0. The number of aromatic nitrogens is 1. The molecule has 3 aliphatic carbocycles. The van der Waals surface area contributed by atoms with E-state index in [9.17, 15) is 0 Å². The highest BCUT2D eigenvalue weighted by molar-refractivity contribution is 6.10. The maximum Gasteiger partial charge on any atom is 0.127 e. The van der Waals surface area contributed by atoms with Gasteiger partial charge in [-0.05, 0) is 186 Å². The van der Waals surface area contributed by atoms with Crippen molar-refractivity contribution in [2.24, 2.45) is 0 Å². The van der Waals surface area contributed by atoms with E-state index in [2.05, 4.69) is 301 Å². The summed E-state index contributed by atoms with van der Waals surface area (Å²) in [6.07, 6.45) is 1.85. The Morgan fingerprint density at radius 3 is 1.33 bits per heavy atom. The minimum atomic E-state index is -0.675. The number of ether oxygens (including phenoxy) is 1. The van der Waals surface area contributed by atoms with Crippen LogP contribution in [0.15, 0.2) is 316 Å². The Hall–Kier alpha value is -11.0. The molecule has 0 radical (unpaired) electrons. The van der Waals surface area contributed by atoms with Crippen molar-refractivity contribution < 1.29 is 4.74 Å². The molecular weight excluding hydrogens is 1030 g/mol. The predicted octanol–water partition coefficient (Wildman–Crippen LogP) is 21.1. The van der Waals surface area contributed by atoms with Crippen molar-refractivity contribution in [2.75, 3.05) is 4.90 Å². The van der Waals surface area contributed by atoms with Gasteiger partial charge in [0.2, 0.25) is 0 Å². The number of anilines is 3. The van der Waals surface area contributed by atoms with Crippen LogP contribution in [-0.4, -0.2) is 4.57 Å². The SMILES string of the molecule is C=Cc1ccc(Oc2ccc(C3(c4ccccc4)c4ccccc4-c4ccc(N(c5ccc(-c6ccc7c(c6)c6ccccc6n7-c6ccccc6)cc5)c5ccc6c(c5)C5(c7ccccc7-c7ccccc75)c5ccccc5-6)cc43)cc2)cc1. The molecule has 0 aliphatic heterocycles. The summed E-state index contributed by atoms with van der Waals surface area (Å²) < 4.78 is 8.88. The molecule has 1 aromatic heterocycles. The van der Waals surface area contributed by atoms with Gasteiger partial charge in [-0.3, -0.25) is 0 Å². The summed E-state index contributed by atoms with van der Waals surface area (Å²) in [4.78, 5) is 2.50. The van der Waals surface area contributed by atoms with Gasteiger partial charge in [0.05, 0.1) is 21.9 Å². The lowest BCUT2D eigenvalue weighted by Crippen LogP contribution is -2.28. The van der Waals surface area contributed by atoms with E-state index in [1.54, 1.807) is 0 Å². The van der Waals surface area contributed by atoms with Crippen LogP contribution in [0, 0.1) is 0 Å². The van der Waals surface area contributed by atoms with E-state index in [0.717, 1.165) is 50.9 Å². The molecule has 14 aromatic rings. The molecule has 0 saturated heterocycles. The molecule has 398 valence electrons. The van der Waals surface area contributed by atoms with Crippen LogP contribution in [0.2, 0.25) is 0 Å². The van der Waals surface area contributed by atoms with Crippen molar-refractivity contribution >= 4 is 44.9 Å². The Kier molecular flexibility index (Phi) is 10.9. The van der Waals surface area contributed by atoms with Crippen LogP contribution < -0.4 is 9.64 Å². The molecule has 13 aromatic carbocycles. The van der Waals surface area contributed by atoms with E-state index in [4.69, 9.17) is 4.74 Å². The second kappa shape index (κ2) is 19.0. The van der Waals surface area contributed by atoms with Crippen LogP contribution >= 0.6 is 0 Å². The summed E-state index contributed by atoms with van der Waals surface area (Å²) in [6, 6.07) is 114. The quantitative estimate of drug-likeness (QED) is 0.136. The van der Waals surface area contributed by atoms with Crippen molar-refractivity contribution in [2.45, 2.75) is 10.8 Å². The first-order valence-electron chi connectivity index (χ1n) is 29.3. The highest BCUT2D eigenvalue weighted by Crippen LogP contribution is 2.64. The van der Waals surface area contributed by atoms with E-state index in [1.165, 1.54) is 99.7 Å². The largest absolute Gasteiger partial charge is 0.457 e. The molecule has 0 saturated carbocycles. The van der Waals surface area contributed by atoms with Gasteiger partial charge >= 0.3 is 0 Å². The average Bonchev–Trinajstić information content (AvgIpc) is 1.74. The van der Waals surface area contributed by atoms with Gasteiger partial charge in [0.1, 0.15) is 11.5 Å². The maximum atomic E-state index is 6.50. The Balaban J connectivity index is 0.865. The summed E-state index contributed by atoms with van der Waals surface area (Å²) in [7, 11) is 0. The summed E-state index contributed by atoms with van der Waals surface area (Å²) in [5.41, 5.74) is 26.6. The Morgan fingerprint density at radius 1 is 0.318 bits per heavy atom. The normalized spacial score (nSPS) is 14.5. The van der Waals surface area contributed by atoms with Gasteiger partial charge in [-0.25, -0.2) is 0 Å². The monoisotopic (exact) mass is 1080 g/mol. The van der Waals surface area contributed by atoms with E-state index < -0.39 is 10.8 Å². The Labute approximate surface area is 494 Å². The molecule has 1 heterocycles. The number of fused-ring (bicyclic) bond motifs is 16. The van der Waals surface area contributed by atoms with Crippen molar-refractivity contribution in [3.8, 4) is 61.7 Å². The summed E-state index contributed by atoms with van der Waals surface area (Å²) in [5.74, 6) is 1.55. The fraction of sp³-hybridized carbons (Fsp3) is 0.0244. The number of hydrogen-bond acceptors (Lipinski definition) is 2. The minimum absolute atomic E-state index is 0.514. The highest BCUT2D eigenvalue weighted by atomic mass is 16.5. The molecule has 0 N–H and O–H groups in total. The molecule has 85 heavy (non-hydrogen) atoms. The first-order chi connectivity index (χ1) is 42.1. The molecule has 1 atom stereocenters. The lowest BCUT2D eigenvalue weighted by molar-refractivity contribution is 0.482. The van der Waals surface area contributed by atoms with Crippen LogP contribution in [0.5, 0.6) is 11.5 Å². The molecule has 1 unspecified atom stereocenters. The molecule has 3 aliphatic rings. The van der Waals surface area contributed by atoms with Crippen LogP contribution in [0.1, 0.15) is 50.1 Å². The van der Waals surface area contributed by atoms with Gasteiger partial charge in [0.25, 0.3) is 0 Å². The van der Waals surface area contributed by atoms with Crippen LogP contribution in [0.4, 0.5) is 17.1 Å². The van der Waals surface area contributed by atoms with Gasteiger partial charge < -0.3 is 14.2 Å². The average molecular weight is 1080 g/mol. The minimum Gasteiger partial charge on any atom is -0.457 e. The molecule has 0 amide bonds. The smallest absolute Gasteiger partial charge is 0.127 e. The number of nitrogens with zero attached hydrogens (tertiary/aromatic N) is 2. The molecular formula is C82H54N2O. The second-order valence-corrected chi connectivity index (χ2v) is 22.7. The van der Waals surface area contributed by atoms with Crippen LogP contribution in [0.3, 0.4) is 0 Å². The number of benzene rings is 13. The van der Waals surface area contributed by atoms with E-state index in [1.807, 2.05) is 30.3 Å². The zero-order valence-corrected chi connectivity index (χ0v) is 46.5.